The molecule has 1 saturated carbocycles. The minimum absolute atomic E-state index is 0.188. The lowest BCUT2D eigenvalue weighted by molar-refractivity contribution is -0.123. The predicted molar refractivity (Wildman–Crippen MR) is 94.4 cm³/mol. The van der Waals surface area contributed by atoms with Crippen LogP contribution in [0, 0.1) is 18.8 Å². The molecular formula is C20H30N2O. The molecule has 3 heteroatoms. The summed E-state index contributed by atoms with van der Waals surface area (Å²) in [7, 11) is 0. The summed E-state index contributed by atoms with van der Waals surface area (Å²) < 4.78 is 0. The van der Waals surface area contributed by atoms with Gasteiger partial charge in [0.1, 0.15) is 0 Å². The Kier molecular flexibility index (Phi) is 5.71. The number of piperidine rings is 1. The summed E-state index contributed by atoms with van der Waals surface area (Å²) >= 11 is 0. The van der Waals surface area contributed by atoms with Gasteiger partial charge in [-0.15, -0.1) is 0 Å². The van der Waals surface area contributed by atoms with Crippen molar-refractivity contribution in [1.82, 2.24) is 10.2 Å². The van der Waals surface area contributed by atoms with Crippen molar-refractivity contribution in [2.45, 2.75) is 45.4 Å². The van der Waals surface area contributed by atoms with E-state index in [9.17, 15) is 4.79 Å². The molecule has 1 heterocycles. The van der Waals surface area contributed by atoms with Gasteiger partial charge in [0.2, 0.25) is 5.91 Å². The molecule has 1 aromatic rings. The van der Waals surface area contributed by atoms with Crippen LogP contribution in [-0.4, -0.2) is 37.0 Å². The van der Waals surface area contributed by atoms with Crippen molar-refractivity contribution in [3.05, 3.63) is 35.4 Å². The number of nitrogens with one attached hydrogen (secondary N) is 1. The van der Waals surface area contributed by atoms with E-state index in [4.69, 9.17) is 0 Å². The second-order valence-electron chi connectivity index (χ2n) is 7.35. The fraction of sp³-hybridized carbons (Fsp3) is 0.650. The number of likely N-dealkylation sites (tertiary alicyclic amines) is 1. The molecular weight excluding hydrogens is 284 g/mol. The van der Waals surface area contributed by atoms with Gasteiger partial charge in [0, 0.05) is 13.1 Å². The van der Waals surface area contributed by atoms with Crippen LogP contribution in [0.5, 0.6) is 0 Å². The van der Waals surface area contributed by atoms with Gasteiger partial charge in [-0.3, -0.25) is 9.69 Å². The van der Waals surface area contributed by atoms with Crippen LogP contribution in [0.4, 0.5) is 0 Å². The van der Waals surface area contributed by atoms with Crippen LogP contribution in [0.25, 0.3) is 0 Å². The molecule has 0 unspecified atom stereocenters. The number of hydrogen-bond acceptors (Lipinski definition) is 2. The number of rotatable bonds is 5. The fourth-order valence-corrected chi connectivity index (χ4v) is 4.31. The molecule has 2 fully saturated rings. The highest BCUT2D eigenvalue weighted by atomic mass is 16.2. The van der Waals surface area contributed by atoms with Crippen molar-refractivity contribution >= 4 is 5.91 Å². The Morgan fingerprint density at radius 1 is 1.17 bits per heavy atom. The molecule has 3 rings (SSSR count). The topological polar surface area (TPSA) is 32.3 Å². The van der Waals surface area contributed by atoms with E-state index in [0.717, 1.165) is 37.9 Å². The summed E-state index contributed by atoms with van der Waals surface area (Å²) in [4.78, 5) is 14.6. The highest BCUT2D eigenvalue weighted by Gasteiger charge is 2.31. The Morgan fingerprint density at radius 3 is 2.78 bits per heavy atom. The number of carbonyl (C=O) groups excluding carboxylic acids is 1. The molecule has 126 valence electrons. The Labute approximate surface area is 140 Å². The van der Waals surface area contributed by atoms with Gasteiger partial charge in [-0.2, -0.15) is 0 Å². The first kappa shape index (κ1) is 16.5. The molecule has 23 heavy (non-hydrogen) atoms. The van der Waals surface area contributed by atoms with E-state index in [1.165, 1.54) is 43.2 Å². The normalized spacial score (nSPS) is 24.9. The summed E-state index contributed by atoms with van der Waals surface area (Å²) in [6.45, 7) is 5.69. The van der Waals surface area contributed by atoms with Gasteiger partial charge in [-0.05, 0) is 55.7 Å². The van der Waals surface area contributed by atoms with Crippen molar-refractivity contribution in [2.24, 2.45) is 11.8 Å². The van der Waals surface area contributed by atoms with Gasteiger partial charge in [-0.25, -0.2) is 0 Å². The minimum atomic E-state index is 0.188. The maximum atomic E-state index is 12.2. The molecule has 0 bridgehead atoms. The maximum Gasteiger partial charge on any atom is 0.234 e. The van der Waals surface area contributed by atoms with Crippen molar-refractivity contribution in [3.8, 4) is 0 Å². The van der Waals surface area contributed by atoms with E-state index >= 15 is 0 Å². The lowest BCUT2D eigenvalue weighted by atomic mass is 9.75. The van der Waals surface area contributed by atoms with E-state index in [0.29, 0.717) is 6.54 Å². The molecule has 1 aliphatic heterocycles. The summed E-state index contributed by atoms with van der Waals surface area (Å²) in [5.41, 5.74) is 2.64. The van der Waals surface area contributed by atoms with Gasteiger partial charge in [0.05, 0.1) is 6.54 Å². The summed E-state index contributed by atoms with van der Waals surface area (Å²) in [5.74, 6) is 1.97. The van der Waals surface area contributed by atoms with Crippen molar-refractivity contribution in [1.29, 1.82) is 0 Å². The van der Waals surface area contributed by atoms with Gasteiger partial charge in [0.15, 0.2) is 0 Å². The molecule has 0 radical (unpaired) electrons. The zero-order chi connectivity index (χ0) is 16.1. The van der Waals surface area contributed by atoms with Crippen LogP contribution in [0.1, 0.15) is 43.2 Å². The number of fused-ring (bicyclic) bond motifs is 1. The van der Waals surface area contributed by atoms with Gasteiger partial charge in [0.25, 0.3) is 0 Å². The largest absolute Gasteiger partial charge is 0.355 e. The van der Waals surface area contributed by atoms with Crippen LogP contribution >= 0.6 is 0 Å². The summed E-state index contributed by atoms with van der Waals surface area (Å²) in [6.07, 6.45) is 7.81. The van der Waals surface area contributed by atoms with Crippen LogP contribution in [0.15, 0.2) is 24.3 Å². The first-order chi connectivity index (χ1) is 11.2. The van der Waals surface area contributed by atoms with E-state index in [2.05, 4.69) is 41.4 Å². The molecule has 2 atom stereocenters. The first-order valence-corrected chi connectivity index (χ1v) is 9.26. The monoisotopic (exact) mass is 314 g/mol. The van der Waals surface area contributed by atoms with E-state index in [1.807, 2.05) is 0 Å². The number of carbonyl (C=O) groups is 1. The minimum Gasteiger partial charge on any atom is -0.355 e. The van der Waals surface area contributed by atoms with Crippen LogP contribution in [0.2, 0.25) is 0 Å². The summed E-state index contributed by atoms with van der Waals surface area (Å²) in [5, 5.41) is 3.10. The van der Waals surface area contributed by atoms with Crippen LogP contribution in [-0.2, 0) is 11.2 Å². The Balaban J connectivity index is 1.39. The standard InChI is InChI=1S/C20H30N2O/c1-16-6-2-3-7-17(16)10-12-21-20(23)15-22-13-11-18-8-4-5-9-19(18)14-22/h2-3,6-7,18-19H,4-5,8-15H2,1H3,(H,21,23)/t18-,19-/m1/s1. The Morgan fingerprint density at radius 2 is 1.96 bits per heavy atom. The zero-order valence-corrected chi connectivity index (χ0v) is 14.4. The Hall–Kier alpha value is -1.35. The third-order valence-corrected chi connectivity index (χ3v) is 5.72. The average molecular weight is 314 g/mol. The number of nitrogens with zero attached hydrogens (tertiary/aromatic N) is 1. The van der Waals surface area contributed by atoms with Crippen molar-refractivity contribution < 1.29 is 4.79 Å². The lowest BCUT2D eigenvalue weighted by Gasteiger charge is -2.41. The Bertz CT molecular complexity index is 528. The third-order valence-electron chi connectivity index (χ3n) is 5.72. The van der Waals surface area contributed by atoms with Crippen molar-refractivity contribution in [2.75, 3.05) is 26.2 Å². The molecule has 3 nitrogen and oxygen atoms in total. The first-order valence-electron chi connectivity index (χ1n) is 9.26. The molecule has 1 saturated heterocycles. The molecule has 1 N–H and O–H groups in total. The number of benzene rings is 1. The molecule has 1 aliphatic carbocycles. The van der Waals surface area contributed by atoms with Crippen LogP contribution < -0.4 is 5.32 Å². The fourth-order valence-electron chi connectivity index (χ4n) is 4.31. The van der Waals surface area contributed by atoms with Gasteiger partial charge >= 0.3 is 0 Å². The van der Waals surface area contributed by atoms with E-state index < -0.39 is 0 Å². The van der Waals surface area contributed by atoms with E-state index in [1.54, 1.807) is 0 Å². The SMILES string of the molecule is Cc1ccccc1CCNC(=O)CN1CC[C@H]2CCCC[C@@H]2C1. The molecule has 1 amide bonds. The van der Waals surface area contributed by atoms with E-state index in [-0.39, 0.29) is 5.91 Å². The molecule has 0 aromatic heterocycles. The summed E-state index contributed by atoms with van der Waals surface area (Å²) in [6, 6.07) is 8.41. The quantitative estimate of drug-likeness (QED) is 0.905. The second-order valence-corrected chi connectivity index (χ2v) is 7.35. The van der Waals surface area contributed by atoms with Gasteiger partial charge in [-0.1, -0.05) is 43.5 Å². The predicted octanol–water partition coefficient (Wildman–Crippen LogP) is 3.17. The lowest BCUT2D eigenvalue weighted by Crippen LogP contribution is -2.46. The smallest absolute Gasteiger partial charge is 0.234 e. The molecule has 1 aromatic carbocycles. The molecule has 2 aliphatic rings. The molecule has 0 spiro atoms. The third kappa shape index (κ3) is 4.57. The highest BCUT2D eigenvalue weighted by molar-refractivity contribution is 5.78. The maximum absolute atomic E-state index is 12.2. The number of hydrogen-bond donors (Lipinski definition) is 1. The van der Waals surface area contributed by atoms with Crippen LogP contribution in [0.3, 0.4) is 0 Å². The van der Waals surface area contributed by atoms with Crippen molar-refractivity contribution in [3.63, 3.8) is 0 Å². The zero-order valence-electron chi connectivity index (χ0n) is 14.4. The average Bonchev–Trinajstić information content (AvgIpc) is 2.56. The number of amides is 1. The number of aryl methyl sites for hydroxylation is 1. The second kappa shape index (κ2) is 7.96. The highest BCUT2D eigenvalue weighted by Crippen LogP contribution is 2.35. The van der Waals surface area contributed by atoms with Gasteiger partial charge < -0.3 is 5.32 Å².